The summed E-state index contributed by atoms with van der Waals surface area (Å²) in [6.45, 7) is 7.98. The monoisotopic (exact) mass is 694 g/mol. The number of sulfonamides is 1. The normalized spacial score (nSPS) is 12.0. The number of anilines is 2. The Bertz CT molecular complexity index is 1550. The molecule has 0 unspecified atom stereocenters. The van der Waals surface area contributed by atoms with Crippen molar-refractivity contribution in [2.75, 3.05) is 36.9 Å². The minimum Gasteiger partial charge on any atom is -0.467 e. The quantitative estimate of drug-likeness (QED) is 0.259. The maximum absolute atomic E-state index is 12.5. The van der Waals surface area contributed by atoms with E-state index in [-0.39, 0.29) is 41.2 Å². The first kappa shape index (κ1) is 37.6. The molecular weight excluding hydrogens is 661 g/mol. The molecule has 248 valence electrons. The lowest BCUT2D eigenvalue weighted by atomic mass is 10.1. The number of halogens is 4. The van der Waals surface area contributed by atoms with Gasteiger partial charge in [-0.2, -0.15) is 28.1 Å². The molecule has 0 saturated carbocycles. The van der Waals surface area contributed by atoms with Gasteiger partial charge in [0.2, 0.25) is 11.9 Å². The van der Waals surface area contributed by atoms with E-state index in [2.05, 4.69) is 25.6 Å². The summed E-state index contributed by atoms with van der Waals surface area (Å²) in [6.07, 6.45) is -6.20. The van der Waals surface area contributed by atoms with Crippen LogP contribution in [0, 0.1) is 20.8 Å². The Morgan fingerprint density at radius 2 is 1.78 bits per heavy atom. The predicted octanol–water partition coefficient (Wildman–Crippen LogP) is 5.17. The fraction of sp³-hybridized carbons (Fsp3) is 0.444. The van der Waals surface area contributed by atoms with Crippen molar-refractivity contribution in [3.05, 3.63) is 51.5 Å². The van der Waals surface area contributed by atoms with Crippen molar-refractivity contribution < 1.29 is 40.7 Å². The summed E-state index contributed by atoms with van der Waals surface area (Å²) in [4.78, 5) is 37.8. The number of carbonyl (C=O) groups excluding carboxylic acids is 2. The Balaban J connectivity index is 0.000000355. The van der Waals surface area contributed by atoms with Gasteiger partial charge in [0.1, 0.15) is 11.7 Å². The highest BCUT2D eigenvalue weighted by atomic mass is 35.5. The zero-order chi connectivity index (χ0) is 33.9. The molecule has 2 N–H and O–H groups in total. The highest BCUT2D eigenvalue weighted by Gasteiger charge is 2.29. The molecule has 2 aromatic heterocycles. The number of nitrogens with one attached hydrogen (secondary N) is 2. The first-order valence-corrected chi connectivity index (χ1v) is 16.1. The largest absolute Gasteiger partial charge is 0.467 e. The summed E-state index contributed by atoms with van der Waals surface area (Å²) in [5, 5.41) is 4.16. The molecule has 1 atom stereocenters. The van der Waals surface area contributed by atoms with E-state index in [1.54, 1.807) is 28.1 Å². The minimum atomic E-state index is -4.45. The first-order chi connectivity index (χ1) is 21.0. The molecule has 12 nitrogen and oxygen atoms in total. The fourth-order valence-corrected chi connectivity index (χ4v) is 6.20. The standard InChI is InChI=1S/C15H16F3N5O4S.C12H18ClNO2S/c1-9-19-12(22-14(20-9)27-2)21-13(24)23-28(25,26)11-6-4-3-5-10(11)7-8-15(16,17)18;1-8-7-17-10(3)12(8)14(11(15)5-13)9(2)6-16-4/h3-6H,7-8H2,1-2H3,(H2,19,20,21,22,23,24);7,9H,5-6H2,1-4H3/t;9-/m.0/s1. The van der Waals surface area contributed by atoms with Gasteiger partial charge in [0.05, 0.1) is 30.3 Å². The van der Waals surface area contributed by atoms with Gasteiger partial charge in [-0.05, 0) is 56.7 Å². The molecule has 0 bridgehead atoms. The lowest BCUT2D eigenvalue weighted by Crippen LogP contribution is -2.42. The number of benzene rings is 1. The van der Waals surface area contributed by atoms with Crippen LogP contribution in [0.3, 0.4) is 0 Å². The number of ether oxygens (including phenoxy) is 2. The number of methoxy groups -OCH3 is 2. The van der Waals surface area contributed by atoms with E-state index in [0.29, 0.717) is 6.61 Å². The third-order valence-corrected chi connectivity index (χ3v) is 8.57. The van der Waals surface area contributed by atoms with Crippen molar-refractivity contribution in [3.8, 4) is 6.01 Å². The van der Waals surface area contributed by atoms with Crippen LogP contribution in [0.4, 0.5) is 29.6 Å². The smallest absolute Gasteiger partial charge is 0.389 e. The summed E-state index contributed by atoms with van der Waals surface area (Å²) in [6, 6.07) is 3.80. The van der Waals surface area contributed by atoms with E-state index >= 15 is 0 Å². The minimum absolute atomic E-state index is 0.0111. The molecule has 18 heteroatoms. The van der Waals surface area contributed by atoms with Gasteiger partial charge in [-0.1, -0.05) is 18.2 Å². The van der Waals surface area contributed by atoms with Crippen molar-refractivity contribution in [3.63, 3.8) is 0 Å². The molecule has 0 aliphatic carbocycles. The van der Waals surface area contributed by atoms with Crippen molar-refractivity contribution in [2.45, 2.75) is 57.7 Å². The molecule has 2 heterocycles. The fourth-order valence-electron chi connectivity index (χ4n) is 4.05. The van der Waals surface area contributed by atoms with Gasteiger partial charge < -0.3 is 14.4 Å². The van der Waals surface area contributed by atoms with Gasteiger partial charge in [-0.25, -0.2) is 17.9 Å². The predicted molar refractivity (Wildman–Crippen MR) is 165 cm³/mol. The number of aromatic nitrogens is 3. The van der Waals surface area contributed by atoms with Crippen LogP contribution in [-0.2, 0) is 26.0 Å². The van der Waals surface area contributed by atoms with E-state index in [1.165, 1.54) is 32.2 Å². The van der Waals surface area contributed by atoms with Crippen LogP contribution in [-0.4, -0.2) is 74.2 Å². The summed E-state index contributed by atoms with van der Waals surface area (Å²) in [5.74, 6) is -0.145. The summed E-state index contributed by atoms with van der Waals surface area (Å²) < 4.78 is 73.9. The topological polar surface area (TPSA) is 153 Å². The van der Waals surface area contributed by atoms with Crippen molar-refractivity contribution in [1.82, 2.24) is 19.7 Å². The Hall–Kier alpha value is -3.54. The third kappa shape index (κ3) is 11.4. The highest BCUT2D eigenvalue weighted by Crippen LogP contribution is 2.32. The Morgan fingerprint density at radius 1 is 1.11 bits per heavy atom. The second-order valence-electron chi connectivity index (χ2n) is 9.50. The maximum atomic E-state index is 12.5. The Labute approximate surface area is 268 Å². The van der Waals surface area contributed by atoms with Gasteiger partial charge >= 0.3 is 18.2 Å². The van der Waals surface area contributed by atoms with E-state index < -0.39 is 40.0 Å². The molecule has 3 aromatic rings. The zero-order valence-electron chi connectivity index (χ0n) is 25.4. The van der Waals surface area contributed by atoms with Crippen molar-refractivity contribution in [1.29, 1.82) is 0 Å². The second kappa shape index (κ2) is 16.7. The van der Waals surface area contributed by atoms with Crippen LogP contribution in [0.1, 0.15) is 35.2 Å². The number of hydrogen-bond acceptors (Lipinski definition) is 10. The zero-order valence-corrected chi connectivity index (χ0v) is 27.7. The van der Waals surface area contributed by atoms with E-state index in [9.17, 15) is 31.2 Å². The molecule has 0 fully saturated rings. The molecule has 45 heavy (non-hydrogen) atoms. The molecule has 1 aromatic carbocycles. The average molecular weight is 695 g/mol. The van der Waals surface area contributed by atoms with E-state index in [1.807, 2.05) is 20.8 Å². The number of urea groups is 1. The molecule has 0 saturated heterocycles. The average Bonchev–Trinajstić information content (AvgIpc) is 3.28. The molecule has 0 aliphatic heterocycles. The number of alkyl halides is 4. The third-order valence-electron chi connectivity index (χ3n) is 5.89. The van der Waals surface area contributed by atoms with Crippen LogP contribution < -0.4 is 19.7 Å². The number of amides is 3. The lowest BCUT2D eigenvalue weighted by Gasteiger charge is -2.29. The Kier molecular flexibility index (Phi) is 14.0. The molecule has 0 radical (unpaired) electrons. The summed E-state index contributed by atoms with van der Waals surface area (Å²) >= 11 is 7.33. The van der Waals surface area contributed by atoms with Gasteiger partial charge in [0, 0.05) is 18.4 Å². The van der Waals surface area contributed by atoms with Crippen molar-refractivity contribution >= 4 is 56.5 Å². The maximum Gasteiger partial charge on any atom is 0.389 e. The number of hydrogen-bond donors (Lipinski definition) is 2. The van der Waals surface area contributed by atoms with Gasteiger partial charge in [-0.3, -0.25) is 10.1 Å². The van der Waals surface area contributed by atoms with Crippen LogP contribution in [0.2, 0.25) is 0 Å². The van der Waals surface area contributed by atoms with Crippen LogP contribution >= 0.6 is 22.9 Å². The van der Waals surface area contributed by atoms with Crippen LogP contribution in [0.15, 0.2) is 34.5 Å². The molecule has 3 rings (SSSR count). The van der Waals surface area contributed by atoms with Crippen LogP contribution in [0.25, 0.3) is 0 Å². The van der Waals surface area contributed by atoms with E-state index in [4.69, 9.17) is 21.1 Å². The SMILES string of the molecule is COC[C@H](C)N(C(=O)CCl)c1c(C)csc1C.COc1nc(C)nc(NC(=O)NS(=O)(=O)c2ccccc2CCC(F)(F)F)n1. The summed E-state index contributed by atoms with van der Waals surface area (Å²) in [5.41, 5.74) is 2.01. The van der Waals surface area contributed by atoms with E-state index in [0.717, 1.165) is 22.2 Å². The van der Waals surface area contributed by atoms with Gasteiger partial charge in [0.25, 0.3) is 10.0 Å². The summed E-state index contributed by atoms with van der Waals surface area (Å²) in [7, 11) is -1.51. The molecular formula is C27H34ClF3N6O6S2. The lowest BCUT2D eigenvalue weighted by molar-refractivity contribution is -0.134. The second-order valence-corrected chi connectivity index (χ2v) is 12.5. The highest BCUT2D eigenvalue weighted by molar-refractivity contribution is 7.90. The number of nitrogens with zero attached hydrogens (tertiary/aromatic N) is 4. The number of rotatable bonds is 11. The molecule has 0 aliphatic rings. The number of carbonyl (C=O) groups is 2. The van der Waals surface area contributed by atoms with Gasteiger partial charge in [-0.15, -0.1) is 22.9 Å². The first-order valence-electron chi connectivity index (χ1n) is 13.2. The van der Waals surface area contributed by atoms with Crippen molar-refractivity contribution in [2.24, 2.45) is 0 Å². The Morgan fingerprint density at radius 3 is 2.33 bits per heavy atom. The van der Waals surface area contributed by atoms with Gasteiger partial charge in [0.15, 0.2) is 0 Å². The molecule has 3 amide bonds. The van der Waals surface area contributed by atoms with Crippen LogP contribution in [0.5, 0.6) is 6.01 Å². The number of thiophene rings is 1. The number of aryl methyl sites for hydroxylation is 4. The molecule has 0 spiro atoms.